The Kier molecular flexibility index (Phi) is 5.42. The van der Waals surface area contributed by atoms with Gasteiger partial charge >= 0.3 is 0 Å². The number of aryl methyl sites for hydroxylation is 1. The van der Waals surface area contributed by atoms with Gasteiger partial charge < -0.3 is 0 Å². The molecule has 28 heavy (non-hydrogen) atoms. The van der Waals surface area contributed by atoms with E-state index in [0.717, 1.165) is 30.5 Å². The Labute approximate surface area is 168 Å². The highest BCUT2D eigenvalue weighted by atomic mass is 32.2. The van der Waals surface area contributed by atoms with E-state index >= 15 is 0 Å². The molecule has 10 heteroatoms. The quantitative estimate of drug-likeness (QED) is 0.631. The van der Waals surface area contributed by atoms with E-state index in [1.165, 1.54) is 18.0 Å². The van der Waals surface area contributed by atoms with Crippen LogP contribution in [0.15, 0.2) is 57.7 Å². The van der Waals surface area contributed by atoms with Crippen LogP contribution in [0.1, 0.15) is 24.8 Å². The fourth-order valence-corrected chi connectivity index (χ4v) is 5.31. The SMILES string of the molecule is Cc1ccccc1-n1nnnc1Sc1ccc(S(=O)(=O)N2CCCCC2)cn1. The molecular weight excluding hydrogens is 396 g/mol. The molecule has 146 valence electrons. The predicted octanol–water partition coefficient (Wildman–Crippen LogP) is 2.69. The summed E-state index contributed by atoms with van der Waals surface area (Å²) in [5.74, 6) is 0. The van der Waals surface area contributed by atoms with Crippen molar-refractivity contribution in [2.24, 2.45) is 0 Å². The summed E-state index contributed by atoms with van der Waals surface area (Å²) in [7, 11) is -3.48. The van der Waals surface area contributed by atoms with Gasteiger partial charge in [0.05, 0.1) is 5.69 Å². The van der Waals surface area contributed by atoms with Crippen molar-refractivity contribution in [3.8, 4) is 5.69 Å². The number of hydrogen-bond acceptors (Lipinski definition) is 7. The first-order valence-electron chi connectivity index (χ1n) is 9.04. The van der Waals surface area contributed by atoms with Crippen molar-refractivity contribution in [2.75, 3.05) is 13.1 Å². The highest BCUT2D eigenvalue weighted by Crippen LogP contribution is 2.28. The first-order chi connectivity index (χ1) is 13.6. The number of benzene rings is 1. The molecule has 0 bridgehead atoms. The maximum atomic E-state index is 12.7. The highest BCUT2D eigenvalue weighted by Gasteiger charge is 2.26. The molecule has 3 heterocycles. The molecule has 0 N–H and O–H groups in total. The third-order valence-corrected chi connectivity index (χ3v) is 7.41. The zero-order valence-electron chi connectivity index (χ0n) is 15.4. The average Bonchev–Trinajstić information content (AvgIpc) is 3.17. The molecule has 0 atom stereocenters. The molecule has 1 saturated heterocycles. The fourth-order valence-electron chi connectivity index (χ4n) is 3.12. The van der Waals surface area contributed by atoms with E-state index in [4.69, 9.17) is 0 Å². The van der Waals surface area contributed by atoms with E-state index < -0.39 is 10.0 Å². The summed E-state index contributed by atoms with van der Waals surface area (Å²) in [4.78, 5) is 4.54. The van der Waals surface area contributed by atoms with Gasteiger partial charge in [-0.2, -0.15) is 8.99 Å². The summed E-state index contributed by atoms with van der Waals surface area (Å²) < 4.78 is 28.7. The number of pyridine rings is 1. The molecule has 1 aromatic carbocycles. The molecule has 0 amide bonds. The van der Waals surface area contributed by atoms with Gasteiger partial charge in [-0.05, 0) is 65.7 Å². The van der Waals surface area contributed by atoms with Crippen LogP contribution in [0.2, 0.25) is 0 Å². The molecule has 4 rings (SSSR count). The minimum absolute atomic E-state index is 0.220. The summed E-state index contributed by atoms with van der Waals surface area (Å²) in [6.07, 6.45) is 4.30. The lowest BCUT2D eigenvalue weighted by molar-refractivity contribution is 0.346. The number of tetrazole rings is 1. The monoisotopic (exact) mass is 416 g/mol. The van der Waals surface area contributed by atoms with E-state index in [0.29, 0.717) is 23.3 Å². The maximum absolute atomic E-state index is 12.7. The van der Waals surface area contributed by atoms with Gasteiger partial charge in [0.15, 0.2) is 0 Å². The molecule has 0 saturated carbocycles. The number of piperidine rings is 1. The third kappa shape index (κ3) is 3.80. The van der Waals surface area contributed by atoms with Crippen LogP contribution in [-0.4, -0.2) is 51.0 Å². The smallest absolute Gasteiger partial charge is 0.244 e. The van der Waals surface area contributed by atoms with Crippen molar-refractivity contribution in [1.82, 2.24) is 29.5 Å². The summed E-state index contributed by atoms with van der Waals surface area (Å²) in [6.45, 7) is 3.14. The van der Waals surface area contributed by atoms with Crippen molar-refractivity contribution in [2.45, 2.75) is 41.3 Å². The van der Waals surface area contributed by atoms with Crippen LogP contribution in [0.25, 0.3) is 5.69 Å². The molecule has 1 fully saturated rings. The van der Waals surface area contributed by atoms with Gasteiger partial charge in [-0.3, -0.25) is 0 Å². The minimum atomic E-state index is -3.48. The second kappa shape index (κ2) is 7.98. The first kappa shape index (κ1) is 19.0. The van der Waals surface area contributed by atoms with Gasteiger partial charge in [0.1, 0.15) is 9.92 Å². The Morgan fingerprint density at radius 2 is 1.82 bits per heavy atom. The normalized spacial score (nSPS) is 15.6. The fraction of sp³-hybridized carbons (Fsp3) is 0.333. The van der Waals surface area contributed by atoms with E-state index in [1.807, 2.05) is 31.2 Å². The van der Waals surface area contributed by atoms with Crippen LogP contribution < -0.4 is 0 Å². The summed E-state index contributed by atoms with van der Waals surface area (Å²) in [5.41, 5.74) is 1.94. The topological polar surface area (TPSA) is 93.9 Å². The largest absolute Gasteiger partial charge is 0.248 e. The maximum Gasteiger partial charge on any atom is 0.244 e. The van der Waals surface area contributed by atoms with Crippen molar-refractivity contribution >= 4 is 21.8 Å². The van der Waals surface area contributed by atoms with Gasteiger partial charge in [0.25, 0.3) is 0 Å². The van der Waals surface area contributed by atoms with Crippen LogP contribution >= 0.6 is 11.8 Å². The molecule has 0 unspecified atom stereocenters. The van der Waals surface area contributed by atoms with Gasteiger partial charge in [0.2, 0.25) is 15.2 Å². The average molecular weight is 417 g/mol. The van der Waals surface area contributed by atoms with Gasteiger partial charge in [0, 0.05) is 19.3 Å². The summed E-state index contributed by atoms with van der Waals surface area (Å²) >= 11 is 1.29. The molecule has 1 aliphatic rings. The van der Waals surface area contributed by atoms with Crippen molar-refractivity contribution < 1.29 is 8.42 Å². The third-order valence-electron chi connectivity index (χ3n) is 4.64. The van der Waals surface area contributed by atoms with Gasteiger partial charge in [-0.25, -0.2) is 13.4 Å². The molecule has 0 aliphatic carbocycles. The van der Waals surface area contributed by atoms with Gasteiger partial charge in [-0.1, -0.05) is 24.6 Å². The van der Waals surface area contributed by atoms with E-state index in [9.17, 15) is 8.42 Å². The Balaban J connectivity index is 1.55. The number of para-hydroxylation sites is 1. The zero-order chi connectivity index (χ0) is 19.6. The molecule has 1 aliphatic heterocycles. The minimum Gasteiger partial charge on any atom is -0.248 e. The molecule has 0 radical (unpaired) electrons. The van der Waals surface area contributed by atoms with Crippen molar-refractivity contribution in [3.05, 3.63) is 48.2 Å². The Bertz CT molecular complexity index is 1060. The molecule has 3 aromatic rings. The Hall–Kier alpha value is -2.30. The summed E-state index contributed by atoms with van der Waals surface area (Å²) in [5, 5.41) is 13.1. The second-order valence-corrected chi connectivity index (χ2v) is 9.48. The Morgan fingerprint density at radius 3 is 2.54 bits per heavy atom. The number of rotatable bonds is 5. The predicted molar refractivity (Wildman–Crippen MR) is 105 cm³/mol. The van der Waals surface area contributed by atoms with Crippen molar-refractivity contribution in [3.63, 3.8) is 0 Å². The van der Waals surface area contributed by atoms with E-state index in [1.54, 1.807) is 21.1 Å². The first-order valence-corrected chi connectivity index (χ1v) is 11.3. The zero-order valence-corrected chi connectivity index (χ0v) is 17.0. The lowest BCUT2D eigenvalue weighted by atomic mass is 10.2. The van der Waals surface area contributed by atoms with Crippen LogP contribution in [0, 0.1) is 6.92 Å². The number of nitrogens with zero attached hydrogens (tertiary/aromatic N) is 6. The van der Waals surface area contributed by atoms with Crippen LogP contribution in [-0.2, 0) is 10.0 Å². The van der Waals surface area contributed by atoms with Crippen LogP contribution in [0.4, 0.5) is 0 Å². The lowest BCUT2D eigenvalue weighted by Gasteiger charge is -2.25. The molecular formula is C18H20N6O2S2. The number of aromatic nitrogens is 5. The van der Waals surface area contributed by atoms with E-state index in [2.05, 4.69) is 20.5 Å². The highest BCUT2D eigenvalue weighted by molar-refractivity contribution is 7.99. The van der Waals surface area contributed by atoms with Crippen LogP contribution in [0.3, 0.4) is 0 Å². The summed E-state index contributed by atoms with van der Waals surface area (Å²) in [6, 6.07) is 11.1. The molecule has 0 spiro atoms. The lowest BCUT2D eigenvalue weighted by Crippen LogP contribution is -2.35. The van der Waals surface area contributed by atoms with Crippen LogP contribution in [0.5, 0.6) is 0 Å². The Morgan fingerprint density at radius 1 is 1.04 bits per heavy atom. The standard InChI is InChI=1S/C18H20N6O2S2/c1-14-7-3-4-8-16(14)24-18(20-21-22-24)27-17-10-9-15(13-19-17)28(25,26)23-11-5-2-6-12-23/h3-4,7-10,13H,2,5-6,11-12H2,1H3. The second-order valence-electron chi connectivity index (χ2n) is 6.56. The van der Waals surface area contributed by atoms with E-state index in [-0.39, 0.29) is 4.90 Å². The van der Waals surface area contributed by atoms with Gasteiger partial charge in [-0.15, -0.1) is 5.10 Å². The molecule has 2 aromatic heterocycles. The van der Waals surface area contributed by atoms with Crippen molar-refractivity contribution in [1.29, 1.82) is 0 Å². The number of sulfonamides is 1. The number of hydrogen-bond donors (Lipinski definition) is 0. The molecule has 8 nitrogen and oxygen atoms in total.